The molecule has 0 saturated heterocycles. The minimum Gasteiger partial charge on any atom is -0.416 e. The highest BCUT2D eigenvalue weighted by atomic mass is 32.1. The molecule has 0 unspecified atom stereocenters. The van der Waals surface area contributed by atoms with E-state index in [9.17, 15) is 0 Å². The van der Waals surface area contributed by atoms with Gasteiger partial charge in [0, 0.05) is 11.9 Å². The van der Waals surface area contributed by atoms with E-state index < -0.39 is 8.32 Å². The summed E-state index contributed by atoms with van der Waals surface area (Å²) < 4.78 is 6.08. The van der Waals surface area contributed by atoms with Crippen LogP contribution >= 0.6 is 12.6 Å². The average molecular weight is 234 g/mol. The molecule has 0 rings (SSSR count). The van der Waals surface area contributed by atoms with Crippen molar-refractivity contribution in [1.29, 1.82) is 0 Å². The van der Waals surface area contributed by atoms with E-state index in [-0.39, 0.29) is 0 Å². The summed E-state index contributed by atoms with van der Waals surface area (Å²) in [5, 5.41) is 0.668. The number of hydrogen-bond acceptors (Lipinski definition) is 2. The molecule has 0 aliphatic heterocycles. The molecule has 1 nitrogen and oxygen atoms in total. The van der Waals surface area contributed by atoms with E-state index in [0.29, 0.717) is 16.2 Å². The Labute approximate surface area is 96.2 Å². The van der Waals surface area contributed by atoms with Crippen LogP contribution in [0.5, 0.6) is 0 Å². The smallest absolute Gasteiger partial charge is 0.192 e. The van der Waals surface area contributed by atoms with Gasteiger partial charge in [-0.3, -0.25) is 0 Å². The molecule has 0 radical (unpaired) electrons. The molecule has 0 saturated carbocycles. The lowest BCUT2D eigenvalue weighted by atomic mass is 10.1. The van der Waals surface area contributed by atoms with E-state index in [4.69, 9.17) is 4.43 Å². The molecule has 0 aromatic carbocycles. The van der Waals surface area contributed by atoms with E-state index in [1.165, 1.54) is 0 Å². The first-order chi connectivity index (χ1) is 6.08. The Bertz CT molecular complexity index is 173. The van der Waals surface area contributed by atoms with Crippen molar-refractivity contribution in [3.63, 3.8) is 0 Å². The van der Waals surface area contributed by atoms with Gasteiger partial charge in [0.15, 0.2) is 8.32 Å². The third-order valence-corrected chi connectivity index (χ3v) is 8.44. The first-order valence-electron chi connectivity index (χ1n) is 5.40. The van der Waals surface area contributed by atoms with Crippen molar-refractivity contribution in [2.45, 2.75) is 58.0 Å². The van der Waals surface area contributed by atoms with Crippen LogP contribution in [0.3, 0.4) is 0 Å². The lowest BCUT2D eigenvalue weighted by Crippen LogP contribution is -2.42. The lowest BCUT2D eigenvalue weighted by molar-refractivity contribution is 0.271. The van der Waals surface area contributed by atoms with Crippen molar-refractivity contribution in [3.05, 3.63) is 0 Å². The topological polar surface area (TPSA) is 9.23 Å². The molecule has 0 amide bonds. The highest BCUT2D eigenvalue weighted by Crippen LogP contribution is 2.36. The molecular weight excluding hydrogens is 208 g/mol. The van der Waals surface area contributed by atoms with Gasteiger partial charge in [-0.25, -0.2) is 0 Å². The Balaban J connectivity index is 4.13. The Morgan fingerprint density at radius 1 is 1.21 bits per heavy atom. The van der Waals surface area contributed by atoms with Gasteiger partial charge in [-0.2, -0.15) is 12.6 Å². The molecule has 3 heteroatoms. The van der Waals surface area contributed by atoms with Crippen LogP contribution in [0.1, 0.15) is 34.6 Å². The van der Waals surface area contributed by atoms with Crippen molar-refractivity contribution in [1.82, 2.24) is 0 Å². The zero-order valence-electron chi connectivity index (χ0n) is 10.7. The molecular formula is C11H26OSSi. The third-order valence-electron chi connectivity index (χ3n) is 3.19. The van der Waals surface area contributed by atoms with Crippen LogP contribution in [-0.2, 0) is 4.43 Å². The Kier molecular flexibility index (Phi) is 5.23. The van der Waals surface area contributed by atoms with Gasteiger partial charge >= 0.3 is 0 Å². The minimum absolute atomic E-state index is 0.303. The second-order valence-electron chi connectivity index (χ2n) is 5.88. The average Bonchev–Trinajstić information content (AvgIpc) is 1.97. The molecule has 0 aromatic heterocycles. The second kappa shape index (κ2) is 5.04. The molecule has 0 aliphatic carbocycles. The molecule has 0 heterocycles. The number of thiol groups is 1. The quantitative estimate of drug-likeness (QED) is 0.572. The summed E-state index contributed by atoms with van der Waals surface area (Å²) in [6.07, 6.45) is 0. The molecule has 0 bridgehead atoms. The summed E-state index contributed by atoms with van der Waals surface area (Å²) in [5.41, 5.74) is 0. The van der Waals surface area contributed by atoms with Crippen molar-refractivity contribution >= 4 is 20.9 Å². The zero-order chi connectivity index (χ0) is 11.6. The van der Waals surface area contributed by atoms with Gasteiger partial charge in [0.2, 0.25) is 0 Å². The molecule has 86 valence electrons. The van der Waals surface area contributed by atoms with Crippen LogP contribution in [0.2, 0.25) is 18.1 Å². The van der Waals surface area contributed by atoms with E-state index >= 15 is 0 Å². The minimum atomic E-state index is -1.56. The monoisotopic (exact) mass is 234 g/mol. The van der Waals surface area contributed by atoms with E-state index in [0.717, 1.165) is 6.61 Å². The van der Waals surface area contributed by atoms with Crippen LogP contribution in [0.4, 0.5) is 0 Å². The van der Waals surface area contributed by atoms with Crippen molar-refractivity contribution in [2.24, 2.45) is 5.92 Å². The maximum absolute atomic E-state index is 6.08. The molecule has 1 atom stereocenters. The Morgan fingerprint density at radius 3 is 1.93 bits per heavy atom. The van der Waals surface area contributed by atoms with Gasteiger partial charge in [0.25, 0.3) is 0 Å². The summed E-state index contributed by atoms with van der Waals surface area (Å²) in [7, 11) is -1.56. The summed E-state index contributed by atoms with van der Waals surface area (Å²) in [6.45, 7) is 16.5. The van der Waals surface area contributed by atoms with Crippen LogP contribution in [-0.4, -0.2) is 20.2 Å². The normalized spacial score (nSPS) is 16.1. The van der Waals surface area contributed by atoms with Crippen molar-refractivity contribution < 1.29 is 4.43 Å². The van der Waals surface area contributed by atoms with Gasteiger partial charge in [0.05, 0.1) is 0 Å². The van der Waals surface area contributed by atoms with E-state index in [1.807, 2.05) is 0 Å². The standard InChI is InChI=1S/C11H26OSSi/c1-9(2)10(13)8-12-14(6,7)11(3,4)5/h9-10,13H,8H2,1-7H3/t10-/m1/s1. The number of hydrogen-bond donors (Lipinski definition) is 1. The molecule has 0 aliphatic rings. The molecule has 0 spiro atoms. The van der Waals surface area contributed by atoms with Gasteiger partial charge < -0.3 is 4.43 Å². The maximum Gasteiger partial charge on any atom is 0.192 e. The highest BCUT2D eigenvalue weighted by molar-refractivity contribution is 7.81. The molecule has 14 heavy (non-hydrogen) atoms. The fraction of sp³-hybridized carbons (Fsp3) is 1.00. The highest BCUT2D eigenvalue weighted by Gasteiger charge is 2.37. The predicted octanol–water partition coefficient (Wildman–Crippen LogP) is 3.96. The molecule has 0 N–H and O–H groups in total. The SMILES string of the molecule is CC(C)[C@H](S)CO[Si](C)(C)C(C)(C)C. The zero-order valence-corrected chi connectivity index (χ0v) is 12.6. The lowest BCUT2D eigenvalue weighted by Gasteiger charge is -2.37. The van der Waals surface area contributed by atoms with Gasteiger partial charge in [-0.05, 0) is 24.1 Å². The first kappa shape index (κ1) is 14.5. The summed E-state index contributed by atoms with van der Waals surface area (Å²) in [4.78, 5) is 0. The summed E-state index contributed by atoms with van der Waals surface area (Å²) >= 11 is 4.53. The number of rotatable bonds is 4. The molecule has 0 aromatic rings. The van der Waals surface area contributed by atoms with E-state index in [1.54, 1.807) is 0 Å². The Hall–Kier alpha value is 0.527. The summed E-state index contributed by atoms with van der Waals surface area (Å²) in [5.74, 6) is 0.586. The van der Waals surface area contributed by atoms with Gasteiger partial charge in [-0.15, -0.1) is 0 Å². The van der Waals surface area contributed by atoms with Crippen molar-refractivity contribution in [2.75, 3.05) is 6.61 Å². The van der Waals surface area contributed by atoms with Crippen LogP contribution in [0.25, 0.3) is 0 Å². The second-order valence-corrected chi connectivity index (χ2v) is 11.4. The van der Waals surface area contributed by atoms with Crippen LogP contribution < -0.4 is 0 Å². The fourth-order valence-corrected chi connectivity index (χ4v) is 1.95. The third kappa shape index (κ3) is 4.37. The maximum atomic E-state index is 6.08. The predicted molar refractivity (Wildman–Crippen MR) is 70.8 cm³/mol. The van der Waals surface area contributed by atoms with Gasteiger partial charge in [-0.1, -0.05) is 34.6 Å². The first-order valence-corrected chi connectivity index (χ1v) is 8.82. The largest absolute Gasteiger partial charge is 0.416 e. The van der Waals surface area contributed by atoms with Crippen LogP contribution in [0, 0.1) is 5.92 Å². The van der Waals surface area contributed by atoms with Crippen LogP contribution in [0.15, 0.2) is 0 Å². The van der Waals surface area contributed by atoms with Gasteiger partial charge in [0.1, 0.15) is 0 Å². The van der Waals surface area contributed by atoms with E-state index in [2.05, 4.69) is 60.3 Å². The fourth-order valence-electron chi connectivity index (χ4n) is 0.703. The summed E-state index contributed by atoms with van der Waals surface area (Å²) in [6, 6.07) is 0. The Morgan fingerprint density at radius 2 is 1.64 bits per heavy atom. The van der Waals surface area contributed by atoms with Crippen molar-refractivity contribution in [3.8, 4) is 0 Å². The molecule has 0 fully saturated rings.